The monoisotopic (exact) mass is 216 g/mol. The number of benzene rings is 1. The first-order chi connectivity index (χ1) is 7.83. The number of esters is 1. The maximum absolute atomic E-state index is 11.5. The number of carbonyl (C=O) groups excluding carboxylic acids is 1. The summed E-state index contributed by atoms with van der Waals surface area (Å²) in [4.78, 5) is 11.5. The summed E-state index contributed by atoms with van der Waals surface area (Å²) in [6.07, 6.45) is 6.59. The third-order valence-electron chi connectivity index (χ3n) is 2.75. The Bertz CT molecular complexity index is 418. The average Bonchev–Trinajstić information content (AvgIpc) is 2.63. The lowest BCUT2D eigenvalue weighted by molar-refractivity contribution is 0.0715. The summed E-state index contributed by atoms with van der Waals surface area (Å²) in [5, 5.41) is 0. The quantitative estimate of drug-likeness (QED) is 0.565. The number of unbranched alkanes of at least 4 members (excludes halogenated alkanes) is 3. The van der Waals surface area contributed by atoms with Crippen LogP contribution in [0.25, 0.3) is 5.76 Å². The zero-order valence-corrected chi connectivity index (χ0v) is 9.53. The molecule has 0 N–H and O–H groups in total. The predicted molar refractivity (Wildman–Crippen MR) is 64.0 cm³/mol. The lowest BCUT2D eigenvalue weighted by atomic mass is 10.1. The molecule has 16 heavy (non-hydrogen) atoms. The summed E-state index contributed by atoms with van der Waals surface area (Å²) in [5.41, 5.74) is 1.62. The normalized spacial score (nSPS) is 16.3. The molecule has 84 valence electrons. The Balaban J connectivity index is 2.11. The van der Waals surface area contributed by atoms with Gasteiger partial charge in [0.15, 0.2) is 0 Å². The van der Waals surface area contributed by atoms with Gasteiger partial charge in [0.25, 0.3) is 0 Å². The largest absolute Gasteiger partial charge is 0.423 e. The summed E-state index contributed by atoms with van der Waals surface area (Å²) in [5.74, 6) is 0.508. The second-order valence-electron chi connectivity index (χ2n) is 4.00. The number of allylic oxidation sites excluding steroid dienone is 1. The molecule has 0 amide bonds. The van der Waals surface area contributed by atoms with E-state index in [-0.39, 0.29) is 5.97 Å². The van der Waals surface area contributed by atoms with E-state index in [1.54, 1.807) is 0 Å². The van der Waals surface area contributed by atoms with E-state index in [0.29, 0.717) is 5.56 Å². The van der Waals surface area contributed by atoms with Crippen LogP contribution in [0.5, 0.6) is 0 Å². The van der Waals surface area contributed by atoms with Crippen LogP contribution in [0.2, 0.25) is 0 Å². The fourth-order valence-electron chi connectivity index (χ4n) is 1.86. The molecule has 2 heteroatoms. The molecule has 0 saturated carbocycles. The van der Waals surface area contributed by atoms with Gasteiger partial charge in [-0.15, -0.1) is 0 Å². The first kappa shape index (κ1) is 10.9. The lowest BCUT2D eigenvalue weighted by Crippen LogP contribution is -1.92. The van der Waals surface area contributed by atoms with Gasteiger partial charge in [-0.05, 0) is 25.0 Å². The fourth-order valence-corrected chi connectivity index (χ4v) is 1.86. The van der Waals surface area contributed by atoms with E-state index < -0.39 is 0 Å². The number of rotatable bonds is 4. The topological polar surface area (TPSA) is 26.3 Å². The van der Waals surface area contributed by atoms with Gasteiger partial charge in [0.2, 0.25) is 0 Å². The number of ether oxygens (including phenoxy) is 1. The van der Waals surface area contributed by atoms with Gasteiger partial charge < -0.3 is 4.74 Å². The Morgan fingerprint density at radius 3 is 2.69 bits per heavy atom. The summed E-state index contributed by atoms with van der Waals surface area (Å²) in [6, 6.07) is 7.54. The van der Waals surface area contributed by atoms with E-state index in [2.05, 4.69) is 6.92 Å². The van der Waals surface area contributed by atoms with Crippen LogP contribution in [0.4, 0.5) is 0 Å². The van der Waals surface area contributed by atoms with Crippen molar-refractivity contribution in [3.8, 4) is 0 Å². The molecule has 0 spiro atoms. The number of carbonyl (C=O) groups is 1. The number of hydrogen-bond donors (Lipinski definition) is 0. The fraction of sp³-hybridized carbons (Fsp3) is 0.357. The van der Waals surface area contributed by atoms with Crippen molar-refractivity contribution in [3.05, 3.63) is 41.5 Å². The van der Waals surface area contributed by atoms with Crippen LogP contribution in [-0.4, -0.2) is 5.97 Å². The average molecular weight is 216 g/mol. The van der Waals surface area contributed by atoms with E-state index >= 15 is 0 Å². The maximum Gasteiger partial charge on any atom is 0.344 e. The second kappa shape index (κ2) is 4.97. The van der Waals surface area contributed by atoms with Crippen molar-refractivity contribution < 1.29 is 9.53 Å². The Morgan fingerprint density at radius 2 is 1.94 bits per heavy atom. The third-order valence-corrected chi connectivity index (χ3v) is 2.75. The van der Waals surface area contributed by atoms with Crippen LogP contribution < -0.4 is 0 Å². The third kappa shape index (κ3) is 2.16. The molecule has 0 aliphatic carbocycles. The second-order valence-corrected chi connectivity index (χ2v) is 4.00. The number of hydrogen-bond acceptors (Lipinski definition) is 2. The summed E-state index contributed by atoms with van der Waals surface area (Å²) in [6.45, 7) is 2.18. The van der Waals surface area contributed by atoms with Gasteiger partial charge in [0.1, 0.15) is 5.76 Å². The van der Waals surface area contributed by atoms with Gasteiger partial charge in [-0.25, -0.2) is 4.79 Å². The van der Waals surface area contributed by atoms with Crippen LogP contribution in [0.1, 0.15) is 48.5 Å². The molecule has 1 aromatic carbocycles. The summed E-state index contributed by atoms with van der Waals surface area (Å²) < 4.78 is 5.23. The van der Waals surface area contributed by atoms with E-state index in [4.69, 9.17) is 4.74 Å². The van der Waals surface area contributed by atoms with E-state index in [1.807, 2.05) is 30.3 Å². The molecule has 2 rings (SSSR count). The summed E-state index contributed by atoms with van der Waals surface area (Å²) in [7, 11) is 0. The molecule has 1 heterocycles. The van der Waals surface area contributed by atoms with Crippen LogP contribution >= 0.6 is 0 Å². The van der Waals surface area contributed by atoms with Crippen molar-refractivity contribution in [1.29, 1.82) is 0 Å². The van der Waals surface area contributed by atoms with Crippen LogP contribution in [-0.2, 0) is 4.74 Å². The SMILES string of the molecule is CCCCC/C=C1\OC(=O)c2ccccc21. The Labute approximate surface area is 95.9 Å². The number of cyclic esters (lactones) is 1. The van der Waals surface area contributed by atoms with Crippen molar-refractivity contribution in [2.45, 2.75) is 32.6 Å². The van der Waals surface area contributed by atoms with E-state index in [9.17, 15) is 4.79 Å². The van der Waals surface area contributed by atoms with Crippen molar-refractivity contribution in [3.63, 3.8) is 0 Å². The molecule has 0 radical (unpaired) electrons. The highest BCUT2D eigenvalue weighted by Gasteiger charge is 2.24. The van der Waals surface area contributed by atoms with Crippen molar-refractivity contribution in [2.24, 2.45) is 0 Å². The Kier molecular flexibility index (Phi) is 3.40. The minimum Gasteiger partial charge on any atom is -0.423 e. The molecule has 1 aliphatic heterocycles. The predicted octanol–water partition coefficient (Wildman–Crippen LogP) is 3.78. The number of fused-ring (bicyclic) bond motifs is 1. The lowest BCUT2D eigenvalue weighted by Gasteiger charge is -1.98. The molecular weight excluding hydrogens is 200 g/mol. The first-order valence-corrected chi connectivity index (χ1v) is 5.84. The van der Waals surface area contributed by atoms with Crippen molar-refractivity contribution in [1.82, 2.24) is 0 Å². The molecule has 0 atom stereocenters. The van der Waals surface area contributed by atoms with E-state index in [0.717, 1.165) is 24.2 Å². The van der Waals surface area contributed by atoms with Gasteiger partial charge in [-0.3, -0.25) is 0 Å². The standard InChI is InChI=1S/C14H16O2/c1-2-3-4-5-10-13-11-8-6-7-9-12(11)14(15)16-13/h6-10H,2-5H2,1H3/b13-10-. The van der Waals surface area contributed by atoms with Gasteiger partial charge in [0.05, 0.1) is 5.56 Å². The molecule has 0 fully saturated rings. The molecule has 0 unspecified atom stereocenters. The first-order valence-electron chi connectivity index (χ1n) is 5.84. The van der Waals surface area contributed by atoms with Gasteiger partial charge in [0, 0.05) is 5.56 Å². The Morgan fingerprint density at radius 1 is 1.19 bits per heavy atom. The highest BCUT2D eigenvalue weighted by molar-refractivity contribution is 6.02. The summed E-state index contributed by atoms with van der Waals surface area (Å²) >= 11 is 0. The van der Waals surface area contributed by atoms with Crippen molar-refractivity contribution in [2.75, 3.05) is 0 Å². The molecule has 0 bridgehead atoms. The zero-order chi connectivity index (χ0) is 11.4. The minimum atomic E-state index is -0.225. The highest BCUT2D eigenvalue weighted by atomic mass is 16.5. The molecule has 2 nitrogen and oxygen atoms in total. The molecule has 1 aromatic rings. The smallest absolute Gasteiger partial charge is 0.344 e. The molecular formula is C14H16O2. The maximum atomic E-state index is 11.5. The van der Waals surface area contributed by atoms with Crippen LogP contribution in [0.3, 0.4) is 0 Å². The van der Waals surface area contributed by atoms with Crippen LogP contribution in [0.15, 0.2) is 30.3 Å². The molecule has 1 aliphatic rings. The van der Waals surface area contributed by atoms with Gasteiger partial charge in [-0.2, -0.15) is 0 Å². The van der Waals surface area contributed by atoms with Crippen molar-refractivity contribution >= 4 is 11.7 Å². The van der Waals surface area contributed by atoms with Gasteiger partial charge >= 0.3 is 5.97 Å². The van der Waals surface area contributed by atoms with Crippen LogP contribution in [0, 0.1) is 0 Å². The molecule has 0 saturated heterocycles. The van der Waals surface area contributed by atoms with Gasteiger partial charge in [-0.1, -0.05) is 38.0 Å². The van der Waals surface area contributed by atoms with E-state index in [1.165, 1.54) is 12.8 Å². The highest BCUT2D eigenvalue weighted by Crippen LogP contribution is 2.29. The zero-order valence-electron chi connectivity index (χ0n) is 9.53. The minimum absolute atomic E-state index is 0.225. The Hall–Kier alpha value is -1.57. The molecule has 0 aromatic heterocycles.